The first kappa shape index (κ1) is 11.3. The van der Waals surface area contributed by atoms with Crippen LogP contribution in [0.3, 0.4) is 0 Å². The molecule has 0 saturated carbocycles. The van der Waals surface area contributed by atoms with Gasteiger partial charge in [-0.05, 0) is 17.7 Å². The number of benzene rings is 1. The summed E-state index contributed by atoms with van der Waals surface area (Å²) in [6.45, 7) is 3.85. The standard InChI is InChI=1S/C12H13NO2/c1-9(2)12(14)15-8-11-5-3-10(7-13)4-6-11/h3-6,9H,8H2,1-2H3. The van der Waals surface area contributed by atoms with E-state index >= 15 is 0 Å². The number of hydrogen-bond donors (Lipinski definition) is 0. The summed E-state index contributed by atoms with van der Waals surface area (Å²) in [4.78, 5) is 11.2. The molecule has 0 atom stereocenters. The van der Waals surface area contributed by atoms with E-state index in [4.69, 9.17) is 10.00 Å². The Kier molecular flexibility index (Phi) is 3.87. The maximum atomic E-state index is 11.2. The van der Waals surface area contributed by atoms with Crippen LogP contribution in [-0.2, 0) is 16.1 Å². The summed E-state index contributed by atoms with van der Waals surface area (Å²) in [7, 11) is 0. The molecule has 0 radical (unpaired) electrons. The zero-order valence-electron chi connectivity index (χ0n) is 8.86. The highest BCUT2D eigenvalue weighted by atomic mass is 16.5. The van der Waals surface area contributed by atoms with Crippen LogP contribution in [-0.4, -0.2) is 5.97 Å². The molecule has 0 spiro atoms. The summed E-state index contributed by atoms with van der Waals surface area (Å²) in [5.74, 6) is -0.317. The molecule has 0 N–H and O–H groups in total. The van der Waals surface area contributed by atoms with Crippen LogP contribution in [0.2, 0.25) is 0 Å². The molecule has 1 aromatic rings. The van der Waals surface area contributed by atoms with E-state index in [0.29, 0.717) is 5.56 Å². The number of carbonyl (C=O) groups is 1. The van der Waals surface area contributed by atoms with Gasteiger partial charge in [-0.25, -0.2) is 0 Å². The Morgan fingerprint density at radius 2 is 2.00 bits per heavy atom. The van der Waals surface area contributed by atoms with Crippen molar-refractivity contribution in [1.29, 1.82) is 5.26 Å². The highest BCUT2D eigenvalue weighted by Gasteiger charge is 2.07. The summed E-state index contributed by atoms with van der Waals surface area (Å²) in [6, 6.07) is 9.01. The van der Waals surface area contributed by atoms with Crippen LogP contribution >= 0.6 is 0 Å². The first-order chi connectivity index (χ1) is 7.13. The lowest BCUT2D eigenvalue weighted by Crippen LogP contribution is -2.11. The molecule has 0 aliphatic heterocycles. The molecular weight excluding hydrogens is 190 g/mol. The van der Waals surface area contributed by atoms with Gasteiger partial charge >= 0.3 is 5.97 Å². The van der Waals surface area contributed by atoms with Crippen molar-refractivity contribution in [3.63, 3.8) is 0 Å². The Labute approximate surface area is 89.3 Å². The van der Waals surface area contributed by atoms with Crippen molar-refractivity contribution in [3.05, 3.63) is 35.4 Å². The fourth-order valence-corrected chi connectivity index (χ4v) is 0.997. The molecule has 0 aliphatic rings. The lowest BCUT2D eigenvalue weighted by molar-refractivity contribution is -0.148. The maximum Gasteiger partial charge on any atom is 0.308 e. The van der Waals surface area contributed by atoms with Gasteiger partial charge in [-0.2, -0.15) is 5.26 Å². The van der Waals surface area contributed by atoms with E-state index in [1.54, 1.807) is 38.1 Å². The molecule has 0 aliphatic carbocycles. The molecular formula is C12H13NO2. The first-order valence-corrected chi connectivity index (χ1v) is 4.79. The molecule has 3 heteroatoms. The largest absolute Gasteiger partial charge is 0.461 e. The number of rotatable bonds is 3. The van der Waals surface area contributed by atoms with Crippen LogP contribution in [0.1, 0.15) is 25.0 Å². The molecule has 0 saturated heterocycles. The van der Waals surface area contributed by atoms with Crippen molar-refractivity contribution in [3.8, 4) is 6.07 Å². The van der Waals surface area contributed by atoms with Gasteiger partial charge in [-0.1, -0.05) is 26.0 Å². The lowest BCUT2D eigenvalue weighted by Gasteiger charge is -2.06. The summed E-state index contributed by atoms with van der Waals surface area (Å²) in [5, 5.41) is 8.58. The van der Waals surface area contributed by atoms with Crippen molar-refractivity contribution in [2.75, 3.05) is 0 Å². The zero-order valence-corrected chi connectivity index (χ0v) is 8.86. The van der Waals surface area contributed by atoms with E-state index in [1.165, 1.54) is 0 Å². The van der Waals surface area contributed by atoms with Crippen molar-refractivity contribution in [2.45, 2.75) is 20.5 Å². The van der Waals surface area contributed by atoms with Crippen LogP contribution in [0.4, 0.5) is 0 Å². The van der Waals surface area contributed by atoms with E-state index < -0.39 is 0 Å². The van der Waals surface area contributed by atoms with Crippen LogP contribution in [0.25, 0.3) is 0 Å². The van der Waals surface area contributed by atoms with E-state index in [0.717, 1.165) is 5.56 Å². The Morgan fingerprint density at radius 1 is 1.40 bits per heavy atom. The number of esters is 1. The van der Waals surface area contributed by atoms with Gasteiger partial charge in [0.25, 0.3) is 0 Å². The second kappa shape index (κ2) is 5.16. The second-order valence-electron chi connectivity index (χ2n) is 3.57. The van der Waals surface area contributed by atoms with Gasteiger partial charge in [-0.15, -0.1) is 0 Å². The normalized spacial score (nSPS) is 9.73. The highest BCUT2D eigenvalue weighted by molar-refractivity contribution is 5.71. The molecule has 0 heterocycles. The molecule has 0 fully saturated rings. The average Bonchev–Trinajstić information content (AvgIpc) is 2.26. The van der Waals surface area contributed by atoms with Gasteiger partial charge in [-0.3, -0.25) is 4.79 Å². The summed E-state index contributed by atoms with van der Waals surface area (Å²) in [6.07, 6.45) is 0. The van der Waals surface area contributed by atoms with Gasteiger partial charge in [0.1, 0.15) is 6.61 Å². The molecule has 1 aromatic carbocycles. The Hall–Kier alpha value is -1.82. The number of nitriles is 1. The van der Waals surface area contributed by atoms with Gasteiger partial charge < -0.3 is 4.74 Å². The third kappa shape index (κ3) is 3.43. The van der Waals surface area contributed by atoms with Gasteiger partial charge in [0.15, 0.2) is 0 Å². The molecule has 1 rings (SSSR count). The van der Waals surface area contributed by atoms with E-state index in [2.05, 4.69) is 0 Å². The predicted molar refractivity (Wildman–Crippen MR) is 55.8 cm³/mol. The third-order valence-electron chi connectivity index (χ3n) is 1.94. The molecule has 0 amide bonds. The van der Waals surface area contributed by atoms with Crippen LogP contribution in [0.15, 0.2) is 24.3 Å². The number of ether oxygens (including phenoxy) is 1. The third-order valence-corrected chi connectivity index (χ3v) is 1.94. The minimum atomic E-state index is -0.209. The quantitative estimate of drug-likeness (QED) is 0.708. The van der Waals surface area contributed by atoms with E-state index in [-0.39, 0.29) is 18.5 Å². The smallest absolute Gasteiger partial charge is 0.308 e. The van der Waals surface area contributed by atoms with Crippen LogP contribution < -0.4 is 0 Å². The minimum Gasteiger partial charge on any atom is -0.461 e. The number of hydrogen-bond acceptors (Lipinski definition) is 3. The second-order valence-corrected chi connectivity index (χ2v) is 3.57. The zero-order chi connectivity index (χ0) is 11.3. The predicted octanol–water partition coefficient (Wildman–Crippen LogP) is 2.26. The molecule has 0 unspecified atom stereocenters. The summed E-state index contributed by atoms with van der Waals surface area (Å²) < 4.78 is 5.04. The summed E-state index contributed by atoms with van der Waals surface area (Å²) in [5.41, 5.74) is 1.50. The van der Waals surface area contributed by atoms with Gasteiger partial charge in [0, 0.05) is 0 Å². The number of carbonyl (C=O) groups excluding carboxylic acids is 1. The highest BCUT2D eigenvalue weighted by Crippen LogP contribution is 2.06. The SMILES string of the molecule is CC(C)C(=O)OCc1ccc(C#N)cc1. The summed E-state index contributed by atoms with van der Waals surface area (Å²) >= 11 is 0. The Balaban J connectivity index is 2.52. The maximum absolute atomic E-state index is 11.2. The van der Waals surface area contributed by atoms with Crippen molar-refractivity contribution in [1.82, 2.24) is 0 Å². The van der Waals surface area contributed by atoms with E-state index in [1.807, 2.05) is 6.07 Å². The molecule has 3 nitrogen and oxygen atoms in total. The van der Waals surface area contributed by atoms with Crippen LogP contribution in [0, 0.1) is 17.2 Å². The molecule has 78 valence electrons. The molecule has 15 heavy (non-hydrogen) atoms. The lowest BCUT2D eigenvalue weighted by atomic mass is 10.1. The van der Waals surface area contributed by atoms with Gasteiger partial charge in [0.05, 0.1) is 17.6 Å². The Morgan fingerprint density at radius 3 is 2.47 bits per heavy atom. The van der Waals surface area contributed by atoms with Crippen molar-refractivity contribution < 1.29 is 9.53 Å². The van der Waals surface area contributed by atoms with Gasteiger partial charge in [0.2, 0.25) is 0 Å². The fourth-order valence-electron chi connectivity index (χ4n) is 0.997. The molecule has 0 bridgehead atoms. The topological polar surface area (TPSA) is 50.1 Å². The first-order valence-electron chi connectivity index (χ1n) is 4.79. The monoisotopic (exact) mass is 203 g/mol. The minimum absolute atomic E-state index is 0.108. The number of nitrogens with zero attached hydrogens (tertiary/aromatic N) is 1. The van der Waals surface area contributed by atoms with Crippen molar-refractivity contribution >= 4 is 5.97 Å². The van der Waals surface area contributed by atoms with E-state index in [9.17, 15) is 4.79 Å². The van der Waals surface area contributed by atoms with Crippen molar-refractivity contribution in [2.24, 2.45) is 5.92 Å². The van der Waals surface area contributed by atoms with Crippen LogP contribution in [0.5, 0.6) is 0 Å². The fraction of sp³-hybridized carbons (Fsp3) is 0.333. The Bertz CT molecular complexity index is 374. The molecule has 0 aromatic heterocycles. The average molecular weight is 203 g/mol.